The summed E-state index contributed by atoms with van der Waals surface area (Å²) in [5.41, 5.74) is 11.4. The lowest BCUT2D eigenvalue weighted by Crippen LogP contribution is -2.31. The van der Waals surface area contributed by atoms with Crippen LogP contribution in [0.5, 0.6) is 0 Å². The lowest BCUT2D eigenvalue weighted by atomic mass is 9.69. The Hall–Kier alpha value is -2.39. The molecule has 3 saturated carbocycles. The number of anilines is 1. The minimum absolute atomic E-state index is 0.254. The first kappa shape index (κ1) is 23.8. The van der Waals surface area contributed by atoms with E-state index in [4.69, 9.17) is 5.73 Å². The van der Waals surface area contributed by atoms with Gasteiger partial charge in [-0.15, -0.1) is 5.73 Å². The van der Waals surface area contributed by atoms with Crippen molar-refractivity contribution in [3.05, 3.63) is 47.6 Å². The molecule has 4 atom stereocenters. The number of alkyl halides is 1. The number of hydrogen-bond acceptors (Lipinski definition) is 3. The zero-order chi connectivity index (χ0) is 23.8. The van der Waals surface area contributed by atoms with Crippen molar-refractivity contribution in [2.45, 2.75) is 77.8 Å². The second-order valence-electron chi connectivity index (χ2n) is 10.4. The minimum Gasteiger partial charge on any atom is -0.364 e. The molecule has 33 heavy (non-hydrogen) atoms. The standard InChI is InChI=1S/C26H32FN3O.C2H6/c1-3-15-12-22(30-21-8-9-29-24(23(15)21)25(28)31)20-7-5-4-6-19(20)16-10-17-13-26(2,27)14-18(17)11-16;1-2/h8-9,12,16-20,30H,1,4-7,10-11,13-14H2,2H3,(H2,28,31);1-2H3/t16?,17?,18?,19?,20-,26?;/m0./s1. The van der Waals surface area contributed by atoms with Crippen LogP contribution in [0.2, 0.25) is 0 Å². The number of rotatable bonds is 3. The fourth-order valence-corrected chi connectivity index (χ4v) is 7.18. The number of carbonyl (C=O) groups excluding carboxylic acids is 1. The van der Waals surface area contributed by atoms with Crippen molar-refractivity contribution in [2.24, 2.45) is 35.3 Å². The molecule has 1 aromatic rings. The number of allylic oxidation sites excluding steroid dienone is 3. The largest absolute Gasteiger partial charge is 0.364 e. The van der Waals surface area contributed by atoms with Crippen molar-refractivity contribution in [3.8, 4) is 0 Å². The first-order valence-electron chi connectivity index (χ1n) is 12.7. The van der Waals surface area contributed by atoms with Gasteiger partial charge in [-0.25, -0.2) is 4.39 Å². The molecule has 1 aliphatic heterocycles. The lowest BCUT2D eigenvalue weighted by molar-refractivity contribution is 0.0995. The third-order valence-electron chi connectivity index (χ3n) is 8.30. The van der Waals surface area contributed by atoms with Crippen molar-refractivity contribution >= 4 is 17.2 Å². The quantitative estimate of drug-likeness (QED) is 0.505. The Morgan fingerprint density at radius 1 is 1.21 bits per heavy atom. The van der Waals surface area contributed by atoms with Gasteiger partial charge in [0.05, 0.1) is 5.69 Å². The Morgan fingerprint density at radius 2 is 1.88 bits per heavy atom. The zero-order valence-electron chi connectivity index (χ0n) is 20.3. The number of primary amides is 1. The van der Waals surface area contributed by atoms with Gasteiger partial charge >= 0.3 is 0 Å². The molecular formula is C28H38FN3O. The molecule has 3 N–H and O–H groups in total. The van der Waals surface area contributed by atoms with Crippen LogP contribution < -0.4 is 11.1 Å². The van der Waals surface area contributed by atoms with E-state index in [0.717, 1.165) is 30.5 Å². The molecule has 1 aromatic heterocycles. The highest BCUT2D eigenvalue weighted by atomic mass is 19.1. The molecule has 0 radical (unpaired) electrons. The number of nitrogens with zero attached hydrogens (tertiary/aromatic N) is 1. The number of fused-ring (bicyclic) bond motifs is 2. The van der Waals surface area contributed by atoms with E-state index in [1.54, 1.807) is 13.1 Å². The van der Waals surface area contributed by atoms with Gasteiger partial charge in [0.2, 0.25) is 0 Å². The van der Waals surface area contributed by atoms with Gasteiger partial charge in [-0.1, -0.05) is 33.3 Å². The molecule has 0 spiro atoms. The van der Waals surface area contributed by atoms with E-state index in [0.29, 0.717) is 35.2 Å². The number of amides is 1. The van der Waals surface area contributed by atoms with E-state index in [9.17, 15) is 9.18 Å². The fraction of sp³-hybridized carbons (Fsp3) is 0.607. The molecule has 5 heteroatoms. The van der Waals surface area contributed by atoms with Gasteiger partial charge < -0.3 is 11.1 Å². The SMILES string of the molecule is C=C=C1C=C([C@H]2CCCCC2C2CC3CC(C)(F)CC3C2)Nc2ccnc(C(N)=O)c21.CC. The predicted octanol–water partition coefficient (Wildman–Crippen LogP) is 6.66. The van der Waals surface area contributed by atoms with Gasteiger partial charge in [-0.2, -0.15) is 0 Å². The summed E-state index contributed by atoms with van der Waals surface area (Å²) >= 11 is 0. The Labute approximate surface area is 197 Å². The molecule has 3 fully saturated rings. The van der Waals surface area contributed by atoms with Gasteiger partial charge in [0.15, 0.2) is 0 Å². The van der Waals surface area contributed by atoms with Crippen LogP contribution in [0.4, 0.5) is 10.1 Å². The number of nitrogens with one attached hydrogen (secondary N) is 1. The van der Waals surface area contributed by atoms with Crippen LogP contribution >= 0.6 is 0 Å². The maximum atomic E-state index is 14.5. The Kier molecular flexibility index (Phi) is 6.81. The van der Waals surface area contributed by atoms with E-state index in [2.05, 4.69) is 28.7 Å². The first-order chi connectivity index (χ1) is 15.9. The van der Waals surface area contributed by atoms with Crippen LogP contribution in [0.15, 0.2) is 36.3 Å². The predicted molar refractivity (Wildman–Crippen MR) is 132 cm³/mol. The molecule has 0 aromatic carbocycles. The van der Waals surface area contributed by atoms with Crippen molar-refractivity contribution in [2.75, 3.05) is 5.32 Å². The van der Waals surface area contributed by atoms with Crippen molar-refractivity contribution in [1.29, 1.82) is 0 Å². The lowest BCUT2D eigenvalue weighted by Gasteiger charge is -2.39. The number of halogens is 1. The normalized spacial score (nSPS) is 34.7. The monoisotopic (exact) mass is 451 g/mol. The van der Waals surface area contributed by atoms with E-state index < -0.39 is 11.6 Å². The van der Waals surface area contributed by atoms with Gasteiger partial charge in [-0.3, -0.25) is 9.78 Å². The summed E-state index contributed by atoms with van der Waals surface area (Å²) in [5, 5.41) is 3.61. The average Bonchev–Trinajstić information content (AvgIpc) is 3.32. The molecule has 5 rings (SSSR count). The molecule has 0 bridgehead atoms. The molecule has 4 nitrogen and oxygen atoms in total. The molecule has 3 unspecified atom stereocenters. The van der Waals surface area contributed by atoms with Crippen LogP contribution in [-0.4, -0.2) is 16.6 Å². The number of aromatic nitrogens is 1. The summed E-state index contributed by atoms with van der Waals surface area (Å²) in [6, 6.07) is 1.89. The third kappa shape index (κ3) is 4.53. The fourth-order valence-electron chi connectivity index (χ4n) is 7.18. The summed E-state index contributed by atoms with van der Waals surface area (Å²) in [4.78, 5) is 16.1. The van der Waals surface area contributed by atoms with Gasteiger partial charge in [0.25, 0.3) is 5.91 Å². The number of nitrogens with two attached hydrogens (primary N) is 1. The number of carbonyl (C=O) groups is 1. The average molecular weight is 452 g/mol. The summed E-state index contributed by atoms with van der Waals surface area (Å²) in [6.07, 6.45) is 12.5. The van der Waals surface area contributed by atoms with Crippen LogP contribution in [0, 0.1) is 29.6 Å². The topological polar surface area (TPSA) is 68.0 Å². The second kappa shape index (κ2) is 9.46. The Balaban J connectivity index is 0.00000126. The molecule has 178 valence electrons. The van der Waals surface area contributed by atoms with Gasteiger partial charge in [-0.05, 0) is 81.3 Å². The van der Waals surface area contributed by atoms with E-state index >= 15 is 0 Å². The molecule has 1 amide bonds. The van der Waals surface area contributed by atoms with E-state index in [1.165, 1.54) is 37.8 Å². The number of hydrogen-bond donors (Lipinski definition) is 2. The Morgan fingerprint density at radius 3 is 2.52 bits per heavy atom. The Bertz CT molecular complexity index is 975. The van der Waals surface area contributed by atoms with Crippen LogP contribution in [0.1, 0.15) is 88.2 Å². The number of pyridine rings is 1. The third-order valence-corrected chi connectivity index (χ3v) is 8.30. The highest BCUT2D eigenvalue weighted by Gasteiger charge is 2.50. The summed E-state index contributed by atoms with van der Waals surface area (Å²) in [6.45, 7) is 9.65. The highest BCUT2D eigenvalue weighted by Crippen LogP contribution is 2.56. The second-order valence-corrected chi connectivity index (χ2v) is 10.4. The molecule has 2 heterocycles. The summed E-state index contributed by atoms with van der Waals surface area (Å²) in [7, 11) is 0. The maximum absolute atomic E-state index is 14.5. The van der Waals surface area contributed by atoms with Crippen molar-refractivity contribution in [1.82, 2.24) is 4.98 Å². The zero-order valence-corrected chi connectivity index (χ0v) is 20.3. The first-order valence-corrected chi connectivity index (χ1v) is 12.7. The van der Waals surface area contributed by atoms with Crippen LogP contribution in [0.3, 0.4) is 0 Å². The molecule has 4 aliphatic rings. The maximum Gasteiger partial charge on any atom is 0.268 e. The van der Waals surface area contributed by atoms with Crippen LogP contribution in [-0.2, 0) is 0 Å². The summed E-state index contributed by atoms with van der Waals surface area (Å²) in [5.74, 6) is 2.31. The molecule has 0 saturated heterocycles. The molecule has 3 aliphatic carbocycles. The van der Waals surface area contributed by atoms with E-state index in [-0.39, 0.29) is 5.69 Å². The minimum atomic E-state index is -0.959. The highest BCUT2D eigenvalue weighted by molar-refractivity contribution is 6.01. The molecular weight excluding hydrogens is 413 g/mol. The van der Waals surface area contributed by atoms with Crippen molar-refractivity contribution in [3.63, 3.8) is 0 Å². The smallest absolute Gasteiger partial charge is 0.268 e. The van der Waals surface area contributed by atoms with Gasteiger partial charge in [0.1, 0.15) is 11.4 Å². The van der Waals surface area contributed by atoms with E-state index in [1.807, 2.05) is 19.9 Å². The summed E-state index contributed by atoms with van der Waals surface area (Å²) < 4.78 is 14.5. The van der Waals surface area contributed by atoms with Gasteiger partial charge in [0, 0.05) is 28.9 Å². The van der Waals surface area contributed by atoms with Crippen LogP contribution in [0.25, 0.3) is 5.57 Å². The van der Waals surface area contributed by atoms with Crippen molar-refractivity contribution < 1.29 is 9.18 Å².